The van der Waals surface area contributed by atoms with E-state index < -0.39 is 16.1 Å². The topological polar surface area (TPSA) is 38.1 Å². The van der Waals surface area contributed by atoms with Crippen LogP contribution in [0.1, 0.15) is 51.7 Å². The third-order valence-corrected chi connectivity index (χ3v) is 31.8. The summed E-state index contributed by atoms with van der Waals surface area (Å²) in [7, 11) is -6.38. The Bertz CT molecular complexity index is 5230. The predicted molar refractivity (Wildman–Crippen MR) is 410 cm³/mol. The third-order valence-electron chi connectivity index (χ3n) is 22.3. The first-order valence-electron chi connectivity index (χ1n) is 34.2. The normalized spacial score (nSPS) is 15.0. The zero-order valence-electron chi connectivity index (χ0n) is 54.7. The molecule has 0 spiro atoms. The smallest absolute Gasteiger partial charge is 0.301 e. The van der Waals surface area contributed by atoms with Crippen LogP contribution in [0.5, 0.6) is 23.0 Å². The third kappa shape index (κ3) is 8.50. The van der Waals surface area contributed by atoms with Crippen LogP contribution in [0.2, 0.25) is 0 Å². The minimum absolute atomic E-state index is 0.0647. The standard InChI is InChI=1S/C88H68B2N2O3Si2/c1-87(2)49-50-88(3,4)71-56-80-74(55-70(71)87)89-72-57-73-76(58-75(72)91(59-31-13-5-14-32-59)77-51-67(53-81(93-80)83(77)89)96(61-35-17-7-18-36-61,62-37-19-8-20-38-62)63-39-21-9-22-40-63)92(60-33-15-6-16-34-60)78-52-68(54-82-84(78)90(73)86-85(94-82)69-47-29-30-48-79(69)95-86)97(64-41-23-10-24-42-64,65-43-25-11-26-44-65)66-45-27-12-28-46-66/h5-48,51-58H,49-50H2,1-4H3. The van der Waals surface area contributed by atoms with Gasteiger partial charge >= 0.3 is 6.71 Å². The molecule has 0 unspecified atom stereocenters. The molecule has 0 atom stereocenters. The summed E-state index contributed by atoms with van der Waals surface area (Å²) in [4.78, 5) is 5.15. The number of rotatable bonds is 10. The van der Waals surface area contributed by atoms with Crippen LogP contribution >= 0.6 is 0 Å². The fourth-order valence-electron chi connectivity index (χ4n) is 17.7. The number of furan rings is 1. The Balaban J connectivity index is 0.956. The first-order valence-corrected chi connectivity index (χ1v) is 38.2. The number of fused-ring (bicyclic) bond motifs is 11. The Kier molecular flexibility index (Phi) is 13.0. The summed E-state index contributed by atoms with van der Waals surface area (Å²) in [5.74, 6) is 3.41. The average Bonchev–Trinajstić information content (AvgIpc) is 1.38. The summed E-state index contributed by atoms with van der Waals surface area (Å²) >= 11 is 0. The Morgan fingerprint density at radius 2 is 0.691 bits per heavy atom. The van der Waals surface area contributed by atoms with Gasteiger partial charge in [0.05, 0.1) is 5.39 Å². The van der Waals surface area contributed by atoms with Gasteiger partial charge in [-0.25, -0.2) is 0 Å². The van der Waals surface area contributed by atoms with Crippen LogP contribution in [-0.4, -0.2) is 29.6 Å². The summed E-state index contributed by atoms with van der Waals surface area (Å²) in [5.41, 5.74) is 16.5. The molecule has 0 radical (unpaired) electrons. The van der Waals surface area contributed by atoms with Crippen molar-refractivity contribution in [1.29, 1.82) is 0 Å². The van der Waals surface area contributed by atoms with E-state index in [1.807, 2.05) is 0 Å². The van der Waals surface area contributed by atoms with Crippen molar-refractivity contribution in [3.63, 3.8) is 0 Å². The predicted octanol–water partition coefficient (Wildman–Crippen LogP) is 12.3. The molecule has 0 saturated heterocycles. The summed E-state index contributed by atoms with van der Waals surface area (Å²) in [6.07, 6.45) is 2.18. The van der Waals surface area contributed by atoms with Gasteiger partial charge in [0.1, 0.15) is 28.5 Å². The molecule has 14 aromatic rings. The van der Waals surface area contributed by atoms with Crippen LogP contribution in [0.3, 0.4) is 0 Å². The summed E-state index contributed by atoms with van der Waals surface area (Å²) in [6, 6.07) is 119. The van der Waals surface area contributed by atoms with Crippen molar-refractivity contribution in [2.45, 2.75) is 51.4 Å². The fraction of sp³-hybridized carbons (Fsp3) is 0.0909. The molecule has 13 aromatic carbocycles. The largest absolute Gasteiger partial charge is 0.466 e. The summed E-state index contributed by atoms with van der Waals surface area (Å²) in [5, 5.41) is 11.2. The molecule has 9 heteroatoms. The molecule has 97 heavy (non-hydrogen) atoms. The fourth-order valence-corrected chi connectivity index (χ4v) is 27.3. The van der Waals surface area contributed by atoms with Crippen LogP contribution < -0.4 is 93.7 Å². The lowest BCUT2D eigenvalue weighted by molar-refractivity contribution is 0.330. The molecular formula is C88H68B2N2O3Si2. The average molecular weight is 1280 g/mol. The molecule has 0 amide bonds. The van der Waals surface area contributed by atoms with Crippen molar-refractivity contribution in [2.24, 2.45) is 0 Å². The van der Waals surface area contributed by atoms with E-state index in [0.29, 0.717) is 0 Å². The minimum Gasteiger partial charge on any atom is -0.466 e. The van der Waals surface area contributed by atoms with Crippen LogP contribution in [-0.2, 0) is 10.8 Å². The van der Waals surface area contributed by atoms with E-state index in [-0.39, 0.29) is 24.3 Å². The summed E-state index contributed by atoms with van der Waals surface area (Å²) in [6.45, 7) is 9.15. The van der Waals surface area contributed by atoms with E-state index in [9.17, 15) is 0 Å². The number of ether oxygens (including phenoxy) is 2. The van der Waals surface area contributed by atoms with Gasteiger partial charge in [-0.1, -0.05) is 270 Å². The first kappa shape index (κ1) is 57.6. The first-order chi connectivity index (χ1) is 47.6. The highest BCUT2D eigenvalue weighted by Gasteiger charge is 2.53. The van der Waals surface area contributed by atoms with Crippen molar-refractivity contribution in [2.75, 3.05) is 9.80 Å². The van der Waals surface area contributed by atoms with Gasteiger partial charge in [0.2, 0.25) is 0 Å². The van der Waals surface area contributed by atoms with Crippen molar-refractivity contribution >= 4 is 149 Å². The highest BCUT2D eigenvalue weighted by atomic mass is 28.3. The molecule has 0 N–H and O–H groups in total. The molecule has 5 heterocycles. The van der Waals surface area contributed by atoms with Gasteiger partial charge in [0.25, 0.3) is 6.71 Å². The highest BCUT2D eigenvalue weighted by Crippen LogP contribution is 2.50. The monoisotopic (exact) mass is 1280 g/mol. The van der Waals surface area contributed by atoms with Gasteiger partial charge in [-0.05, 0) is 171 Å². The second-order valence-corrected chi connectivity index (χ2v) is 36.0. The molecule has 1 aliphatic carbocycles. The Hall–Kier alpha value is -10.8. The van der Waals surface area contributed by atoms with Gasteiger partial charge in [0, 0.05) is 39.6 Å². The number of para-hydroxylation sites is 3. The van der Waals surface area contributed by atoms with E-state index in [4.69, 9.17) is 13.9 Å². The van der Waals surface area contributed by atoms with Crippen LogP contribution in [0, 0.1) is 0 Å². The SMILES string of the molecule is CC1(C)CCC(C)(C)c2cc3c(cc21)Oc1cc([Si](c2ccccc2)(c2ccccc2)c2ccccc2)cc2c1B3c1cc3c(cc1N2c1ccccc1)N(c1ccccc1)c1cc([Si](c2ccccc2)(c2ccccc2)c2ccccc2)cc2c1B3c1oc3ccccc3c1O2. The van der Waals surface area contributed by atoms with Gasteiger partial charge in [-0.2, -0.15) is 0 Å². The van der Waals surface area contributed by atoms with Gasteiger partial charge < -0.3 is 23.7 Å². The number of hydrogen-bond donors (Lipinski definition) is 0. The Labute approximate surface area is 570 Å². The maximum Gasteiger partial charge on any atom is 0.301 e. The van der Waals surface area contributed by atoms with Crippen molar-refractivity contribution < 1.29 is 13.9 Å². The van der Waals surface area contributed by atoms with Gasteiger partial charge in [0.15, 0.2) is 21.9 Å². The molecule has 19 rings (SSSR count). The van der Waals surface area contributed by atoms with E-state index in [2.05, 4.69) is 353 Å². The maximum absolute atomic E-state index is 7.87. The molecule has 4 aliphatic heterocycles. The number of hydrogen-bond acceptors (Lipinski definition) is 5. The van der Waals surface area contributed by atoms with Gasteiger partial charge in [-0.3, -0.25) is 0 Å². The molecule has 5 nitrogen and oxygen atoms in total. The molecule has 462 valence electrons. The van der Waals surface area contributed by atoms with E-state index in [1.54, 1.807) is 0 Å². The second kappa shape index (κ2) is 21.8. The Morgan fingerprint density at radius 1 is 0.320 bits per heavy atom. The molecule has 0 bridgehead atoms. The Morgan fingerprint density at radius 3 is 1.13 bits per heavy atom. The van der Waals surface area contributed by atoms with E-state index in [1.165, 1.54) is 69.0 Å². The van der Waals surface area contributed by atoms with Crippen LogP contribution in [0.15, 0.2) is 320 Å². The number of anilines is 6. The van der Waals surface area contributed by atoms with Crippen molar-refractivity contribution in [3.8, 4) is 23.0 Å². The lowest BCUT2D eigenvalue weighted by Crippen LogP contribution is -2.75. The molecule has 0 fully saturated rings. The zero-order chi connectivity index (χ0) is 64.8. The van der Waals surface area contributed by atoms with E-state index in [0.717, 1.165) is 97.5 Å². The molecular weight excluding hydrogens is 1210 g/mol. The quantitative estimate of drug-likeness (QED) is 0.101. The van der Waals surface area contributed by atoms with Gasteiger partial charge in [-0.15, -0.1) is 0 Å². The second-order valence-electron chi connectivity index (χ2n) is 28.4. The van der Waals surface area contributed by atoms with Crippen LogP contribution in [0.25, 0.3) is 11.0 Å². The van der Waals surface area contributed by atoms with Crippen LogP contribution in [0.4, 0.5) is 34.1 Å². The van der Waals surface area contributed by atoms with Crippen molar-refractivity contribution in [1.82, 2.24) is 0 Å². The molecule has 1 aromatic heterocycles. The molecule has 0 saturated carbocycles. The number of nitrogens with zero attached hydrogens (tertiary/aromatic N) is 2. The lowest BCUT2D eigenvalue weighted by Gasteiger charge is -2.46. The number of benzene rings is 13. The van der Waals surface area contributed by atoms with Crippen molar-refractivity contribution in [3.05, 3.63) is 327 Å². The molecule has 5 aliphatic rings. The minimum atomic E-state index is -3.19. The van der Waals surface area contributed by atoms with E-state index >= 15 is 0 Å². The highest BCUT2D eigenvalue weighted by molar-refractivity contribution is 7.21. The zero-order valence-corrected chi connectivity index (χ0v) is 56.7. The maximum atomic E-state index is 7.87. The lowest BCUT2D eigenvalue weighted by atomic mass is 9.31. The summed E-state index contributed by atoms with van der Waals surface area (Å²) < 4.78 is 22.9.